The molecule has 0 unspecified atom stereocenters. The number of para-hydroxylation sites is 1. The van der Waals surface area contributed by atoms with Gasteiger partial charge in [-0.2, -0.15) is 0 Å². The third kappa shape index (κ3) is 3.23. The third-order valence-electron chi connectivity index (χ3n) is 2.72. The molecule has 98 valence electrons. The van der Waals surface area contributed by atoms with Crippen LogP contribution in [0.4, 0.5) is 5.69 Å². The van der Waals surface area contributed by atoms with Crippen LogP contribution in [0.25, 0.3) is 0 Å². The fourth-order valence-electron chi connectivity index (χ4n) is 1.66. The second-order valence-corrected chi connectivity index (χ2v) is 4.49. The molecule has 19 heavy (non-hydrogen) atoms. The lowest BCUT2D eigenvalue weighted by Crippen LogP contribution is -1.99. The van der Waals surface area contributed by atoms with Gasteiger partial charge in [0.2, 0.25) is 0 Å². The van der Waals surface area contributed by atoms with Gasteiger partial charge in [-0.05, 0) is 24.6 Å². The average Bonchev–Trinajstić information content (AvgIpc) is 2.39. The Hall–Kier alpha value is -2.07. The Kier molecular flexibility index (Phi) is 4.02. The summed E-state index contributed by atoms with van der Waals surface area (Å²) in [7, 11) is 0. The number of nitrogens with zero attached hydrogens (tertiary/aromatic N) is 1. The highest BCUT2D eigenvalue weighted by molar-refractivity contribution is 6.31. The van der Waals surface area contributed by atoms with E-state index in [-0.39, 0.29) is 12.3 Å². The molecule has 0 aliphatic heterocycles. The summed E-state index contributed by atoms with van der Waals surface area (Å²) in [5.41, 5.74) is 1.61. The van der Waals surface area contributed by atoms with Crippen LogP contribution in [-0.4, -0.2) is 4.92 Å². The van der Waals surface area contributed by atoms with Gasteiger partial charge in [0.25, 0.3) is 5.69 Å². The summed E-state index contributed by atoms with van der Waals surface area (Å²) >= 11 is 6.00. The molecule has 0 fully saturated rings. The van der Waals surface area contributed by atoms with Gasteiger partial charge >= 0.3 is 0 Å². The standard InChI is InChI=1S/C14H12ClNO3/c1-10-4-2-3-5-14(10)19-9-11-8-12(16(17)18)6-7-13(11)15/h2-8H,9H2,1H3. The molecule has 5 heteroatoms. The number of ether oxygens (including phenoxy) is 1. The minimum Gasteiger partial charge on any atom is -0.489 e. The minimum atomic E-state index is -0.451. The van der Waals surface area contributed by atoms with E-state index < -0.39 is 4.92 Å². The molecule has 0 radical (unpaired) electrons. The van der Waals surface area contributed by atoms with Crippen LogP contribution < -0.4 is 4.74 Å². The van der Waals surface area contributed by atoms with Gasteiger partial charge in [0, 0.05) is 22.7 Å². The lowest BCUT2D eigenvalue weighted by molar-refractivity contribution is -0.384. The van der Waals surface area contributed by atoms with Gasteiger partial charge in [-0.25, -0.2) is 0 Å². The zero-order chi connectivity index (χ0) is 13.8. The van der Waals surface area contributed by atoms with E-state index in [1.165, 1.54) is 18.2 Å². The normalized spacial score (nSPS) is 10.2. The van der Waals surface area contributed by atoms with Crippen molar-refractivity contribution in [3.63, 3.8) is 0 Å². The largest absolute Gasteiger partial charge is 0.489 e. The van der Waals surface area contributed by atoms with Crippen molar-refractivity contribution in [3.05, 3.63) is 68.7 Å². The smallest absolute Gasteiger partial charge is 0.269 e. The summed E-state index contributed by atoms with van der Waals surface area (Å²) in [5, 5.41) is 11.2. The highest BCUT2D eigenvalue weighted by Crippen LogP contribution is 2.24. The first-order valence-electron chi connectivity index (χ1n) is 5.69. The SMILES string of the molecule is Cc1ccccc1OCc1cc([N+](=O)[O-])ccc1Cl. The first-order valence-corrected chi connectivity index (χ1v) is 6.07. The summed E-state index contributed by atoms with van der Waals surface area (Å²) in [6.45, 7) is 2.13. The highest BCUT2D eigenvalue weighted by Gasteiger charge is 2.10. The molecule has 0 spiro atoms. The lowest BCUT2D eigenvalue weighted by Gasteiger charge is -2.09. The van der Waals surface area contributed by atoms with Crippen molar-refractivity contribution in [1.29, 1.82) is 0 Å². The van der Waals surface area contributed by atoms with Crippen LogP contribution in [0.15, 0.2) is 42.5 Å². The molecule has 2 rings (SSSR count). The fourth-order valence-corrected chi connectivity index (χ4v) is 1.83. The van der Waals surface area contributed by atoms with E-state index >= 15 is 0 Å². The predicted octanol–water partition coefficient (Wildman–Crippen LogP) is 4.14. The summed E-state index contributed by atoms with van der Waals surface area (Å²) in [5.74, 6) is 0.741. The van der Waals surface area contributed by atoms with E-state index in [2.05, 4.69) is 0 Å². The van der Waals surface area contributed by atoms with Gasteiger partial charge < -0.3 is 4.74 Å². The zero-order valence-corrected chi connectivity index (χ0v) is 11.1. The van der Waals surface area contributed by atoms with E-state index in [9.17, 15) is 10.1 Å². The highest BCUT2D eigenvalue weighted by atomic mass is 35.5. The number of nitro groups is 1. The number of hydrogen-bond donors (Lipinski definition) is 0. The summed E-state index contributed by atoms with van der Waals surface area (Å²) in [4.78, 5) is 10.3. The first-order chi connectivity index (χ1) is 9.08. The zero-order valence-electron chi connectivity index (χ0n) is 10.3. The molecule has 0 amide bonds. The van der Waals surface area contributed by atoms with Crippen LogP contribution in [-0.2, 0) is 6.61 Å². The molecule has 0 heterocycles. The van der Waals surface area contributed by atoms with Crippen molar-refractivity contribution in [1.82, 2.24) is 0 Å². The Morgan fingerprint density at radius 1 is 1.26 bits per heavy atom. The fraction of sp³-hybridized carbons (Fsp3) is 0.143. The molecule has 0 saturated carbocycles. The molecule has 0 saturated heterocycles. The van der Waals surface area contributed by atoms with E-state index in [1.54, 1.807) is 0 Å². The molecule has 0 aromatic heterocycles. The number of benzene rings is 2. The second-order valence-electron chi connectivity index (χ2n) is 4.09. The van der Waals surface area contributed by atoms with Crippen molar-refractivity contribution >= 4 is 17.3 Å². The van der Waals surface area contributed by atoms with Gasteiger partial charge in [-0.1, -0.05) is 29.8 Å². The molecule has 0 aliphatic carbocycles. The second kappa shape index (κ2) is 5.71. The summed E-state index contributed by atoms with van der Waals surface area (Å²) in [6.07, 6.45) is 0. The lowest BCUT2D eigenvalue weighted by atomic mass is 10.2. The molecule has 0 N–H and O–H groups in total. The topological polar surface area (TPSA) is 52.4 Å². The van der Waals surface area contributed by atoms with Crippen LogP contribution in [0.1, 0.15) is 11.1 Å². The van der Waals surface area contributed by atoms with Gasteiger partial charge in [-0.3, -0.25) is 10.1 Å². The third-order valence-corrected chi connectivity index (χ3v) is 3.09. The Labute approximate surface area is 115 Å². The molecular weight excluding hydrogens is 266 g/mol. The van der Waals surface area contributed by atoms with E-state index in [0.29, 0.717) is 10.6 Å². The Morgan fingerprint density at radius 2 is 2.00 bits per heavy atom. The Balaban J connectivity index is 2.17. The van der Waals surface area contributed by atoms with Crippen LogP contribution in [0.3, 0.4) is 0 Å². The molecular formula is C14H12ClNO3. The van der Waals surface area contributed by atoms with Crippen molar-refractivity contribution in [2.75, 3.05) is 0 Å². The van der Waals surface area contributed by atoms with Crippen LogP contribution in [0.2, 0.25) is 5.02 Å². The number of rotatable bonds is 4. The van der Waals surface area contributed by atoms with Crippen molar-refractivity contribution in [3.8, 4) is 5.75 Å². The van der Waals surface area contributed by atoms with Crippen molar-refractivity contribution in [2.45, 2.75) is 13.5 Å². The summed E-state index contributed by atoms with van der Waals surface area (Å²) in [6, 6.07) is 11.9. The first kappa shape index (κ1) is 13.4. The number of halogens is 1. The maximum Gasteiger partial charge on any atom is 0.269 e. The molecule has 0 bridgehead atoms. The van der Waals surface area contributed by atoms with Crippen LogP contribution >= 0.6 is 11.6 Å². The Bertz CT molecular complexity index is 613. The summed E-state index contributed by atoms with van der Waals surface area (Å²) < 4.78 is 5.63. The van der Waals surface area contributed by atoms with Crippen LogP contribution in [0.5, 0.6) is 5.75 Å². The van der Waals surface area contributed by atoms with Crippen LogP contribution in [0, 0.1) is 17.0 Å². The average molecular weight is 278 g/mol. The molecule has 0 atom stereocenters. The predicted molar refractivity (Wildman–Crippen MR) is 73.6 cm³/mol. The minimum absolute atomic E-state index is 0.00721. The molecule has 0 aliphatic rings. The number of nitro benzene ring substituents is 1. The van der Waals surface area contributed by atoms with E-state index in [0.717, 1.165) is 11.3 Å². The molecule has 4 nitrogen and oxygen atoms in total. The van der Waals surface area contributed by atoms with Gasteiger partial charge in [-0.15, -0.1) is 0 Å². The van der Waals surface area contributed by atoms with Gasteiger partial charge in [0.15, 0.2) is 0 Å². The molecule has 2 aromatic carbocycles. The maximum absolute atomic E-state index is 10.7. The van der Waals surface area contributed by atoms with Crippen molar-refractivity contribution in [2.24, 2.45) is 0 Å². The Morgan fingerprint density at radius 3 is 2.68 bits per heavy atom. The quantitative estimate of drug-likeness (QED) is 0.623. The number of aryl methyl sites for hydroxylation is 1. The number of hydrogen-bond acceptors (Lipinski definition) is 3. The molecule has 2 aromatic rings. The number of non-ortho nitro benzene ring substituents is 1. The van der Waals surface area contributed by atoms with Crippen molar-refractivity contribution < 1.29 is 9.66 Å². The van der Waals surface area contributed by atoms with Gasteiger partial charge in [0.05, 0.1) is 4.92 Å². The van der Waals surface area contributed by atoms with Gasteiger partial charge in [0.1, 0.15) is 12.4 Å². The maximum atomic E-state index is 10.7. The van der Waals surface area contributed by atoms with E-state index in [1.807, 2.05) is 31.2 Å². The van der Waals surface area contributed by atoms with E-state index in [4.69, 9.17) is 16.3 Å². The monoisotopic (exact) mass is 277 g/mol.